The number of Topliss-reactive ketones (excluding diaryl/α,β-unsaturated/α-hetero) is 2. The molecule has 2 amide bonds. The molecule has 0 fully saturated rings. The Morgan fingerprint density at radius 3 is 1.51 bits per heavy atom. The molecule has 2 atom stereocenters. The molecule has 0 radical (unpaired) electrons. The quantitative estimate of drug-likeness (QED) is 0.0624. The molecular formula is C40H77N3O4. The molecule has 3 N–H and O–H groups in total. The van der Waals surface area contributed by atoms with Gasteiger partial charge >= 0.3 is 0 Å². The van der Waals surface area contributed by atoms with Gasteiger partial charge in [-0.2, -0.15) is 0 Å². The van der Waals surface area contributed by atoms with Gasteiger partial charge in [0.2, 0.25) is 11.8 Å². The second kappa shape index (κ2) is 29.2. The van der Waals surface area contributed by atoms with Gasteiger partial charge < -0.3 is 16.0 Å². The maximum Gasteiger partial charge on any atom is 0.220 e. The number of hydrogen-bond donors (Lipinski definition) is 3. The van der Waals surface area contributed by atoms with E-state index in [0.717, 1.165) is 83.2 Å². The van der Waals surface area contributed by atoms with E-state index in [0.29, 0.717) is 44.1 Å². The fraction of sp³-hybridized carbons (Fsp3) is 0.900. The molecule has 0 aliphatic rings. The Morgan fingerprint density at radius 1 is 0.489 bits per heavy atom. The van der Waals surface area contributed by atoms with Crippen LogP contribution in [0.1, 0.15) is 177 Å². The van der Waals surface area contributed by atoms with Crippen LogP contribution in [0.2, 0.25) is 0 Å². The summed E-state index contributed by atoms with van der Waals surface area (Å²) in [5, 5.41) is 9.58. The highest BCUT2D eigenvalue weighted by Crippen LogP contribution is 2.21. The van der Waals surface area contributed by atoms with Crippen LogP contribution in [0.3, 0.4) is 0 Å². The van der Waals surface area contributed by atoms with Gasteiger partial charge in [0.1, 0.15) is 5.78 Å². The van der Waals surface area contributed by atoms with Crippen LogP contribution >= 0.6 is 0 Å². The van der Waals surface area contributed by atoms with Crippen molar-refractivity contribution in [3.05, 3.63) is 0 Å². The van der Waals surface area contributed by atoms with Gasteiger partial charge in [-0.3, -0.25) is 19.2 Å². The van der Waals surface area contributed by atoms with Gasteiger partial charge in [-0.15, -0.1) is 0 Å². The van der Waals surface area contributed by atoms with Gasteiger partial charge in [-0.25, -0.2) is 0 Å². The van der Waals surface area contributed by atoms with Gasteiger partial charge in [-0.05, 0) is 82.2 Å². The lowest BCUT2D eigenvalue weighted by Gasteiger charge is -2.22. The minimum absolute atomic E-state index is 0.0340. The van der Waals surface area contributed by atoms with E-state index in [4.69, 9.17) is 0 Å². The zero-order valence-corrected chi connectivity index (χ0v) is 32.2. The molecule has 2 unspecified atom stereocenters. The molecule has 0 saturated carbocycles. The van der Waals surface area contributed by atoms with Crippen LogP contribution in [-0.2, 0) is 19.2 Å². The van der Waals surface area contributed by atoms with Crippen LogP contribution in [0.5, 0.6) is 0 Å². The molecule has 0 bridgehead atoms. The predicted molar refractivity (Wildman–Crippen MR) is 198 cm³/mol. The summed E-state index contributed by atoms with van der Waals surface area (Å²) in [5.41, 5.74) is 0. The zero-order chi connectivity index (χ0) is 35.5. The number of hydrogen-bond acceptors (Lipinski definition) is 5. The zero-order valence-electron chi connectivity index (χ0n) is 32.2. The van der Waals surface area contributed by atoms with Crippen LogP contribution in [0, 0.1) is 29.6 Å². The first-order valence-corrected chi connectivity index (χ1v) is 19.7. The maximum absolute atomic E-state index is 13.7. The van der Waals surface area contributed by atoms with Crippen molar-refractivity contribution in [2.24, 2.45) is 29.6 Å². The molecule has 0 heterocycles. The molecule has 7 heteroatoms. The summed E-state index contributed by atoms with van der Waals surface area (Å²) in [6.45, 7) is 19.7. The Balaban J connectivity index is 4.94. The summed E-state index contributed by atoms with van der Waals surface area (Å²) < 4.78 is 0. The predicted octanol–water partition coefficient (Wildman–Crippen LogP) is 8.97. The van der Waals surface area contributed by atoms with Crippen molar-refractivity contribution < 1.29 is 19.2 Å². The highest BCUT2D eigenvalue weighted by molar-refractivity contribution is 5.93. The van der Waals surface area contributed by atoms with Crippen LogP contribution in [0.4, 0.5) is 0 Å². The third kappa shape index (κ3) is 27.8. The molecule has 0 aromatic carbocycles. The van der Waals surface area contributed by atoms with Gasteiger partial charge in [0.15, 0.2) is 5.78 Å². The number of ketones is 2. The monoisotopic (exact) mass is 664 g/mol. The molecule has 0 aromatic rings. The maximum atomic E-state index is 13.7. The number of amides is 2. The lowest BCUT2D eigenvalue weighted by atomic mass is 9.85. The Morgan fingerprint density at radius 2 is 0.957 bits per heavy atom. The molecule has 0 saturated heterocycles. The number of nitrogens with one attached hydrogen (secondary N) is 3. The summed E-state index contributed by atoms with van der Waals surface area (Å²) in [4.78, 5) is 51.9. The van der Waals surface area contributed by atoms with Crippen molar-refractivity contribution >= 4 is 23.4 Å². The number of carbonyl (C=O) groups excluding carboxylic acids is 4. The lowest BCUT2D eigenvalue weighted by molar-refractivity contribution is -0.132. The average Bonchev–Trinajstić information content (AvgIpc) is 3.00. The first-order chi connectivity index (χ1) is 22.3. The molecule has 0 rings (SSSR count). The molecular weight excluding hydrogens is 586 g/mol. The van der Waals surface area contributed by atoms with Crippen molar-refractivity contribution in [2.75, 3.05) is 19.6 Å². The summed E-state index contributed by atoms with van der Waals surface area (Å²) in [5.74, 6) is 1.73. The second-order valence-electron chi connectivity index (χ2n) is 15.7. The fourth-order valence-electron chi connectivity index (χ4n) is 5.99. The van der Waals surface area contributed by atoms with Gasteiger partial charge in [0, 0.05) is 37.6 Å². The molecule has 47 heavy (non-hydrogen) atoms. The topological polar surface area (TPSA) is 104 Å². The van der Waals surface area contributed by atoms with Gasteiger partial charge in [-0.1, -0.05) is 107 Å². The van der Waals surface area contributed by atoms with Crippen molar-refractivity contribution in [3.8, 4) is 0 Å². The largest absolute Gasteiger partial charge is 0.356 e. The van der Waals surface area contributed by atoms with Crippen LogP contribution in [0.15, 0.2) is 0 Å². The normalized spacial score (nSPS) is 13.0. The molecule has 276 valence electrons. The average molecular weight is 664 g/mol. The van der Waals surface area contributed by atoms with E-state index in [1.807, 2.05) is 13.8 Å². The summed E-state index contributed by atoms with van der Waals surface area (Å²) in [6.07, 6.45) is 16.9. The van der Waals surface area contributed by atoms with E-state index < -0.39 is 6.04 Å². The Labute approximate surface area is 290 Å². The van der Waals surface area contributed by atoms with Crippen molar-refractivity contribution in [1.29, 1.82) is 0 Å². The molecule has 7 nitrogen and oxygen atoms in total. The van der Waals surface area contributed by atoms with Gasteiger partial charge in [0.25, 0.3) is 0 Å². The van der Waals surface area contributed by atoms with Crippen molar-refractivity contribution in [3.63, 3.8) is 0 Å². The minimum Gasteiger partial charge on any atom is -0.356 e. The summed E-state index contributed by atoms with van der Waals surface area (Å²) in [7, 11) is 0. The first-order valence-electron chi connectivity index (χ1n) is 19.7. The van der Waals surface area contributed by atoms with E-state index >= 15 is 0 Å². The second-order valence-corrected chi connectivity index (χ2v) is 15.7. The standard InChI is InChI=1S/C40H77N3O4/c1-31(2)20-10-9-17-27-41-28-18-15-23-35(40(47)34(7)8)30-37(44)36(43-39(46)26-14-12-22-33(5)6)24-16-19-29-42-38(45)25-13-11-21-32(3)4/h31-36,41H,9-30H2,1-8H3,(H,42,45)(H,43,46). The highest BCUT2D eigenvalue weighted by atomic mass is 16.2. The molecule has 0 spiro atoms. The van der Waals surface area contributed by atoms with E-state index in [1.54, 1.807) is 0 Å². The number of carbonyl (C=O) groups is 4. The highest BCUT2D eigenvalue weighted by Gasteiger charge is 2.28. The minimum atomic E-state index is -0.584. The van der Waals surface area contributed by atoms with Crippen molar-refractivity contribution in [2.45, 2.75) is 183 Å². The fourth-order valence-corrected chi connectivity index (χ4v) is 5.99. The van der Waals surface area contributed by atoms with Crippen molar-refractivity contribution in [1.82, 2.24) is 16.0 Å². The smallest absolute Gasteiger partial charge is 0.220 e. The lowest BCUT2D eigenvalue weighted by Crippen LogP contribution is -2.42. The molecule has 0 aliphatic heterocycles. The number of rotatable bonds is 32. The summed E-state index contributed by atoms with van der Waals surface area (Å²) in [6, 6.07) is -0.584. The SMILES string of the molecule is CC(C)CCCCCNCCCCC(CC(=O)C(CCCCNC(=O)CCCCC(C)C)NC(=O)CCCCC(C)C)C(=O)C(C)C. The van der Waals surface area contributed by atoms with E-state index in [2.05, 4.69) is 57.5 Å². The Hall–Kier alpha value is -1.76. The van der Waals surface area contributed by atoms with E-state index in [9.17, 15) is 19.2 Å². The van der Waals surface area contributed by atoms with Crippen LogP contribution in [-0.4, -0.2) is 49.1 Å². The third-order valence-electron chi connectivity index (χ3n) is 9.05. The molecule has 0 aliphatic carbocycles. The van der Waals surface area contributed by atoms with E-state index in [-0.39, 0.29) is 41.6 Å². The Kier molecular flexibility index (Phi) is 28.1. The summed E-state index contributed by atoms with van der Waals surface area (Å²) >= 11 is 0. The van der Waals surface area contributed by atoms with Gasteiger partial charge in [0.05, 0.1) is 6.04 Å². The van der Waals surface area contributed by atoms with Crippen LogP contribution < -0.4 is 16.0 Å². The van der Waals surface area contributed by atoms with Crippen LogP contribution in [0.25, 0.3) is 0 Å². The first kappa shape index (κ1) is 45.2. The van der Waals surface area contributed by atoms with E-state index in [1.165, 1.54) is 25.7 Å². The Bertz CT molecular complexity index is 824. The molecule has 0 aromatic heterocycles. The number of unbranched alkanes of at least 4 members (excludes halogenated alkanes) is 6. The third-order valence-corrected chi connectivity index (χ3v) is 9.05.